The number of piperazine rings is 1. The minimum atomic E-state index is 0. The summed E-state index contributed by atoms with van der Waals surface area (Å²) in [6.07, 6.45) is 7.40. The maximum Gasteiger partial charge on any atom is 0.228 e. The number of carbonyl (C=O) groups is 1. The molecule has 1 amide bonds. The standard InChI is InChI=1S/C16H24N4O.2ClH/c17-13-5-6-14(18-12-13)11-16(21)20-9-7-19(8-10-20)15-3-1-2-4-15;;/h5-6,12,15H,1-4,7-11,17H2;2*1H. The normalized spacial score (nSPS) is 19.0. The van der Waals surface area contributed by atoms with Crippen molar-refractivity contribution in [3.63, 3.8) is 0 Å². The number of pyridine rings is 1. The van der Waals surface area contributed by atoms with Crippen LogP contribution in [0.2, 0.25) is 0 Å². The Hall–Kier alpha value is -1.04. The Balaban J connectivity index is 0.00000132. The first-order valence-electron chi connectivity index (χ1n) is 7.94. The van der Waals surface area contributed by atoms with Crippen molar-refractivity contribution in [2.75, 3.05) is 31.9 Å². The molecule has 2 heterocycles. The summed E-state index contributed by atoms with van der Waals surface area (Å²) < 4.78 is 0. The van der Waals surface area contributed by atoms with Gasteiger partial charge in [0.1, 0.15) is 0 Å². The molecule has 7 heteroatoms. The van der Waals surface area contributed by atoms with E-state index in [1.54, 1.807) is 12.3 Å². The van der Waals surface area contributed by atoms with Crippen LogP contribution < -0.4 is 5.73 Å². The van der Waals surface area contributed by atoms with Gasteiger partial charge in [0, 0.05) is 37.9 Å². The van der Waals surface area contributed by atoms with Crippen LogP contribution in [-0.4, -0.2) is 52.9 Å². The van der Waals surface area contributed by atoms with Gasteiger partial charge < -0.3 is 10.6 Å². The van der Waals surface area contributed by atoms with Crippen molar-refractivity contribution in [2.24, 2.45) is 0 Å². The molecule has 1 aliphatic heterocycles. The van der Waals surface area contributed by atoms with Crippen molar-refractivity contribution in [3.8, 4) is 0 Å². The van der Waals surface area contributed by atoms with Gasteiger partial charge in [0.25, 0.3) is 0 Å². The molecule has 0 unspecified atom stereocenters. The molecule has 0 aromatic carbocycles. The Bertz CT molecular complexity index is 483. The highest BCUT2D eigenvalue weighted by molar-refractivity contribution is 5.85. The second kappa shape index (κ2) is 9.30. The number of amides is 1. The summed E-state index contributed by atoms with van der Waals surface area (Å²) in [6, 6.07) is 4.40. The van der Waals surface area contributed by atoms with E-state index >= 15 is 0 Å². The lowest BCUT2D eigenvalue weighted by Gasteiger charge is -2.38. The van der Waals surface area contributed by atoms with Crippen molar-refractivity contribution in [2.45, 2.75) is 38.1 Å². The second-order valence-corrected chi connectivity index (χ2v) is 6.11. The van der Waals surface area contributed by atoms with E-state index in [0.717, 1.165) is 37.9 Å². The van der Waals surface area contributed by atoms with Crippen LogP contribution in [0.4, 0.5) is 5.69 Å². The monoisotopic (exact) mass is 360 g/mol. The average molecular weight is 361 g/mol. The van der Waals surface area contributed by atoms with Gasteiger partial charge in [-0.1, -0.05) is 12.8 Å². The number of rotatable bonds is 3. The van der Waals surface area contributed by atoms with Crippen LogP contribution in [0.15, 0.2) is 18.3 Å². The molecule has 2 N–H and O–H groups in total. The second-order valence-electron chi connectivity index (χ2n) is 6.11. The van der Waals surface area contributed by atoms with Crippen LogP contribution in [0.5, 0.6) is 0 Å². The maximum atomic E-state index is 12.3. The number of halogens is 2. The number of carbonyl (C=O) groups excluding carboxylic acids is 1. The Morgan fingerprint density at radius 1 is 1.13 bits per heavy atom. The lowest BCUT2D eigenvalue weighted by molar-refractivity contribution is -0.132. The van der Waals surface area contributed by atoms with Crippen molar-refractivity contribution >= 4 is 36.4 Å². The molecule has 1 saturated carbocycles. The van der Waals surface area contributed by atoms with Crippen LogP contribution in [0.3, 0.4) is 0 Å². The topological polar surface area (TPSA) is 62.5 Å². The fourth-order valence-corrected chi connectivity index (χ4v) is 3.41. The first-order valence-corrected chi connectivity index (χ1v) is 7.94. The zero-order valence-electron chi connectivity index (χ0n) is 13.3. The first kappa shape index (κ1) is 20.0. The molecule has 3 rings (SSSR count). The molecule has 0 bridgehead atoms. The van der Waals surface area contributed by atoms with Gasteiger partial charge in [0.15, 0.2) is 0 Å². The smallest absolute Gasteiger partial charge is 0.228 e. The Morgan fingerprint density at radius 2 is 1.78 bits per heavy atom. The van der Waals surface area contributed by atoms with Crippen LogP contribution in [0, 0.1) is 0 Å². The minimum absolute atomic E-state index is 0. The molecule has 0 spiro atoms. The lowest BCUT2D eigenvalue weighted by Crippen LogP contribution is -2.51. The Morgan fingerprint density at radius 3 is 2.35 bits per heavy atom. The summed E-state index contributed by atoms with van der Waals surface area (Å²) >= 11 is 0. The predicted octanol–water partition coefficient (Wildman–Crippen LogP) is 2.14. The molecule has 2 aliphatic rings. The maximum absolute atomic E-state index is 12.3. The van der Waals surface area contributed by atoms with E-state index in [1.165, 1.54) is 25.7 Å². The zero-order chi connectivity index (χ0) is 14.7. The molecule has 0 radical (unpaired) electrons. The number of anilines is 1. The predicted molar refractivity (Wildman–Crippen MR) is 97.3 cm³/mol. The number of nitrogens with two attached hydrogens (primary N) is 1. The fourth-order valence-electron chi connectivity index (χ4n) is 3.41. The molecule has 1 saturated heterocycles. The third kappa shape index (κ3) is 5.23. The molecule has 1 aromatic rings. The quantitative estimate of drug-likeness (QED) is 0.896. The molecule has 5 nitrogen and oxygen atoms in total. The number of nitrogens with zero attached hydrogens (tertiary/aromatic N) is 3. The van der Waals surface area contributed by atoms with E-state index in [0.29, 0.717) is 12.1 Å². The largest absolute Gasteiger partial charge is 0.397 e. The molecule has 0 atom stereocenters. The van der Waals surface area contributed by atoms with Crippen LogP contribution >= 0.6 is 24.8 Å². The van der Waals surface area contributed by atoms with Gasteiger partial charge in [-0.05, 0) is 25.0 Å². The van der Waals surface area contributed by atoms with Gasteiger partial charge >= 0.3 is 0 Å². The zero-order valence-corrected chi connectivity index (χ0v) is 15.0. The van der Waals surface area contributed by atoms with Crippen molar-refractivity contribution in [3.05, 3.63) is 24.0 Å². The van der Waals surface area contributed by atoms with Gasteiger partial charge in [0.05, 0.1) is 18.3 Å². The van der Waals surface area contributed by atoms with Gasteiger partial charge in [-0.2, -0.15) is 0 Å². The van der Waals surface area contributed by atoms with Crippen molar-refractivity contribution in [1.82, 2.24) is 14.8 Å². The van der Waals surface area contributed by atoms with Gasteiger partial charge in [-0.3, -0.25) is 14.7 Å². The first-order chi connectivity index (χ1) is 10.2. The summed E-state index contributed by atoms with van der Waals surface area (Å²) in [6.45, 7) is 3.74. The highest BCUT2D eigenvalue weighted by Gasteiger charge is 2.27. The molecule has 130 valence electrons. The highest BCUT2D eigenvalue weighted by Crippen LogP contribution is 2.24. The summed E-state index contributed by atoms with van der Waals surface area (Å²) in [5, 5.41) is 0. The van der Waals surface area contributed by atoms with Crippen molar-refractivity contribution in [1.29, 1.82) is 0 Å². The molecule has 1 aromatic heterocycles. The summed E-state index contributed by atoms with van der Waals surface area (Å²) in [5.41, 5.74) is 7.05. The number of hydrogen-bond acceptors (Lipinski definition) is 4. The van der Waals surface area contributed by atoms with E-state index in [2.05, 4.69) is 9.88 Å². The van der Waals surface area contributed by atoms with Crippen LogP contribution in [0.25, 0.3) is 0 Å². The van der Waals surface area contributed by atoms with E-state index in [4.69, 9.17) is 5.73 Å². The molecule has 23 heavy (non-hydrogen) atoms. The van der Waals surface area contributed by atoms with Gasteiger partial charge in [0.2, 0.25) is 5.91 Å². The van der Waals surface area contributed by atoms with E-state index in [1.807, 2.05) is 11.0 Å². The highest BCUT2D eigenvalue weighted by atomic mass is 35.5. The lowest BCUT2D eigenvalue weighted by atomic mass is 10.1. The summed E-state index contributed by atoms with van der Waals surface area (Å²) in [7, 11) is 0. The minimum Gasteiger partial charge on any atom is -0.397 e. The van der Waals surface area contributed by atoms with Crippen LogP contribution in [-0.2, 0) is 11.2 Å². The summed E-state index contributed by atoms with van der Waals surface area (Å²) in [4.78, 5) is 21.1. The van der Waals surface area contributed by atoms with Gasteiger partial charge in [-0.15, -0.1) is 24.8 Å². The van der Waals surface area contributed by atoms with E-state index in [-0.39, 0.29) is 30.7 Å². The number of hydrogen-bond donors (Lipinski definition) is 1. The molecular weight excluding hydrogens is 335 g/mol. The van der Waals surface area contributed by atoms with Crippen molar-refractivity contribution < 1.29 is 4.79 Å². The number of aromatic nitrogens is 1. The third-order valence-electron chi connectivity index (χ3n) is 4.69. The summed E-state index contributed by atoms with van der Waals surface area (Å²) in [5.74, 6) is 0.179. The Labute approximate surface area is 150 Å². The fraction of sp³-hybridized carbons (Fsp3) is 0.625. The van der Waals surface area contributed by atoms with E-state index in [9.17, 15) is 4.79 Å². The third-order valence-corrected chi connectivity index (χ3v) is 4.69. The molecular formula is C16H26Cl2N4O. The number of nitrogen functional groups attached to an aromatic ring is 1. The molecule has 1 aliphatic carbocycles. The SMILES string of the molecule is Cl.Cl.Nc1ccc(CC(=O)N2CCN(C3CCCC3)CC2)nc1. The Kier molecular flexibility index (Phi) is 8.09. The average Bonchev–Trinajstić information content (AvgIpc) is 3.04. The van der Waals surface area contributed by atoms with E-state index < -0.39 is 0 Å². The molecule has 2 fully saturated rings. The van der Waals surface area contributed by atoms with Gasteiger partial charge in [-0.25, -0.2) is 0 Å². The van der Waals surface area contributed by atoms with Crippen LogP contribution in [0.1, 0.15) is 31.4 Å².